The second kappa shape index (κ2) is 7.03. The third kappa shape index (κ3) is 3.29. The summed E-state index contributed by atoms with van der Waals surface area (Å²) in [6.45, 7) is 1.41. The molecule has 6 nitrogen and oxygen atoms in total. The highest BCUT2D eigenvalue weighted by molar-refractivity contribution is 7.16. The average molecular weight is 394 g/mol. The maximum atomic E-state index is 15.0. The largest absolute Gasteiger partial charge is 0.365 e. The Bertz CT molecular complexity index is 1140. The quantitative estimate of drug-likeness (QED) is 0.548. The second-order valence-electron chi connectivity index (χ2n) is 7.10. The SMILES string of the molecule is FC1(CNc2nc(-c3ccc4scnc4c3)cc3nccnc23)CCCNC1. The Morgan fingerprint density at radius 1 is 1.14 bits per heavy atom. The number of anilines is 1. The number of piperidine rings is 1. The summed E-state index contributed by atoms with van der Waals surface area (Å²) in [5, 5.41) is 6.33. The van der Waals surface area contributed by atoms with Crippen molar-refractivity contribution in [2.24, 2.45) is 0 Å². The van der Waals surface area contributed by atoms with Crippen LogP contribution in [0.15, 0.2) is 42.2 Å². The number of benzene rings is 1. The standard InChI is InChI=1S/C20H19FN6S/c21-20(4-1-5-22-10-20)11-25-19-18-16(23-6-7-24-18)9-14(27-19)13-2-3-17-15(8-13)26-12-28-17/h2-3,6-9,12,22H,1,4-5,10-11H2,(H,25,27). The molecule has 1 aromatic carbocycles. The minimum atomic E-state index is -1.29. The van der Waals surface area contributed by atoms with Crippen molar-refractivity contribution in [1.82, 2.24) is 25.3 Å². The molecule has 0 aliphatic carbocycles. The van der Waals surface area contributed by atoms with Crippen LogP contribution >= 0.6 is 11.3 Å². The van der Waals surface area contributed by atoms with Crippen LogP contribution in [-0.2, 0) is 0 Å². The van der Waals surface area contributed by atoms with Crippen molar-refractivity contribution in [3.05, 3.63) is 42.2 Å². The zero-order chi connectivity index (χ0) is 19.0. The first-order chi connectivity index (χ1) is 13.7. The zero-order valence-electron chi connectivity index (χ0n) is 15.2. The van der Waals surface area contributed by atoms with E-state index < -0.39 is 5.67 Å². The van der Waals surface area contributed by atoms with Crippen LogP contribution in [0.2, 0.25) is 0 Å². The number of rotatable bonds is 4. The van der Waals surface area contributed by atoms with Gasteiger partial charge in [0.15, 0.2) is 5.82 Å². The predicted octanol–water partition coefficient (Wildman–Crippen LogP) is 3.81. The van der Waals surface area contributed by atoms with E-state index in [4.69, 9.17) is 4.98 Å². The van der Waals surface area contributed by atoms with Gasteiger partial charge in [-0.25, -0.2) is 19.3 Å². The molecule has 1 atom stereocenters. The highest BCUT2D eigenvalue weighted by Crippen LogP contribution is 2.29. The van der Waals surface area contributed by atoms with Crippen LogP contribution in [0.1, 0.15) is 12.8 Å². The summed E-state index contributed by atoms with van der Waals surface area (Å²) in [5.41, 5.74) is 4.57. The van der Waals surface area contributed by atoms with Crippen LogP contribution in [0.4, 0.5) is 10.2 Å². The molecule has 28 heavy (non-hydrogen) atoms. The van der Waals surface area contributed by atoms with Crippen molar-refractivity contribution in [2.75, 3.05) is 25.0 Å². The fourth-order valence-electron chi connectivity index (χ4n) is 3.58. The van der Waals surface area contributed by atoms with Crippen molar-refractivity contribution >= 4 is 38.4 Å². The molecule has 0 amide bonds. The van der Waals surface area contributed by atoms with Crippen molar-refractivity contribution < 1.29 is 4.39 Å². The second-order valence-corrected chi connectivity index (χ2v) is 7.99. The van der Waals surface area contributed by atoms with Gasteiger partial charge in [0.05, 0.1) is 33.5 Å². The van der Waals surface area contributed by atoms with E-state index in [0.29, 0.717) is 24.3 Å². The normalized spacial score (nSPS) is 19.9. The summed E-state index contributed by atoms with van der Waals surface area (Å²) in [6.07, 6.45) is 4.65. The van der Waals surface area contributed by atoms with Crippen LogP contribution in [0.5, 0.6) is 0 Å². The maximum Gasteiger partial charge on any atom is 0.155 e. The van der Waals surface area contributed by atoms with E-state index in [9.17, 15) is 0 Å². The third-order valence-electron chi connectivity index (χ3n) is 5.08. The van der Waals surface area contributed by atoms with Crippen LogP contribution in [0.25, 0.3) is 32.5 Å². The number of pyridine rings is 1. The number of hydrogen-bond acceptors (Lipinski definition) is 7. The fourth-order valence-corrected chi connectivity index (χ4v) is 4.24. The van der Waals surface area contributed by atoms with Gasteiger partial charge in [0.2, 0.25) is 0 Å². The van der Waals surface area contributed by atoms with Gasteiger partial charge in [-0.3, -0.25) is 4.98 Å². The van der Waals surface area contributed by atoms with E-state index >= 15 is 4.39 Å². The monoisotopic (exact) mass is 394 g/mol. The first-order valence-electron chi connectivity index (χ1n) is 9.29. The van der Waals surface area contributed by atoms with Crippen molar-refractivity contribution in [3.63, 3.8) is 0 Å². The Labute approximate surface area is 165 Å². The number of thiazole rings is 1. The summed E-state index contributed by atoms with van der Waals surface area (Å²) in [4.78, 5) is 18.0. The van der Waals surface area contributed by atoms with Gasteiger partial charge in [-0.2, -0.15) is 0 Å². The number of nitrogens with zero attached hydrogens (tertiary/aromatic N) is 4. The molecule has 8 heteroatoms. The zero-order valence-corrected chi connectivity index (χ0v) is 16.0. The summed E-state index contributed by atoms with van der Waals surface area (Å²) in [6, 6.07) is 8.00. The Hall–Kier alpha value is -2.71. The van der Waals surface area contributed by atoms with Crippen LogP contribution < -0.4 is 10.6 Å². The number of nitrogens with one attached hydrogen (secondary N) is 2. The van der Waals surface area contributed by atoms with Crippen molar-refractivity contribution in [2.45, 2.75) is 18.5 Å². The Kier molecular flexibility index (Phi) is 4.37. The van der Waals surface area contributed by atoms with Crippen LogP contribution in [-0.4, -0.2) is 45.2 Å². The highest BCUT2D eigenvalue weighted by atomic mass is 32.1. The maximum absolute atomic E-state index is 15.0. The van der Waals surface area contributed by atoms with Crippen molar-refractivity contribution in [1.29, 1.82) is 0 Å². The van der Waals surface area contributed by atoms with Gasteiger partial charge in [0.25, 0.3) is 0 Å². The topological polar surface area (TPSA) is 75.6 Å². The molecule has 1 aliphatic heterocycles. The molecule has 1 saturated heterocycles. The lowest BCUT2D eigenvalue weighted by atomic mass is 9.96. The molecule has 0 spiro atoms. The van der Waals surface area contributed by atoms with E-state index in [2.05, 4.69) is 25.6 Å². The molecule has 5 rings (SSSR count). The molecule has 3 aromatic heterocycles. The molecule has 1 unspecified atom stereocenters. The highest BCUT2D eigenvalue weighted by Gasteiger charge is 2.31. The molecule has 2 N–H and O–H groups in total. The van der Waals surface area contributed by atoms with Gasteiger partial charge in [0, 0.05) is 24.5 Å². The molecule has 1 fully saturated rings. The number of hydrogen-bond donors (Lipinski definition) is 2. The molecule has 142 valence electrons. The molecule has 0 saturated carbocycles. The number of halogens is 1. The average Bonchev–Trinajstić information content (AvgIpc) is 3.20. The summed E-state index contributed by atoms with van der Waals surface area (Å²) >= 11 is 1.61. The van der Waals surface area contributed by atoms with Gasteiger partial charge in [-0.05, 0) is 37.6 Å². The summed E-state index contributed by atoms with van der Waals surface area (Å²) < 4.78 is 16.2. The van der Waals surface area contributed by atoms with E-state index in [1.54, 1.807) is 23.7 Å². The molecule has 1 aliphatic rings. The first-order valence-corrected chi connectivity index (χ1v) is 10.2. The van der Waals surface area contributed by atoms with Crippen molar-refractivity contribution in [3.8, 4) is 11.3 Å². The lowest BCUT2D eigenvalue weighted by Crippen LogP contribution is -2.46. The fraction of sp³-hybridized carbons (Fsp3) is 0.300. The van der Waals surface area contributed by atoms with E-state index in [1.165, 1.54) is 0 Å². The van der Waals surface area contributed by atoms with E-state index in [1.807, 2.05) is 29.8 Å². The first kappa shape index (κ1) is 17.4. The Morgan fingerprint density at radius 3 is 2.96 bits per heavy atom. The van der Waals surface area contributed by atoms with Gasteiger partial charge in [-0.15, -0.1) is 11.3 Å². The summed E-state index contributed by atoms with van der Waals surface area (Å²) in [5.74, 6) is 0.557. The number of aromatic nitrogens is 4. The van der Waals surface area contributed by atoms with E-state index in [0.717, 1.165) is 40.0 Å². The molecule has 4 heterocycles. The van der Waals surface area contributed by atoms with Gasteiger partial charge in [0.1, 0.15) is 11.2 Å². The molecule has 0 bridgehead atoms. The summed E-state index contributed by atoms with van der Waals surface area (Å²) in [7, 11) is 0. The number of alkyl halides is 1. The Morgan fingerprint density at radius 2 is 2.07 bits per heavy atom. The third-order valence-corrected chi connectivity index (χ3v) is 5.89. The Balaban J connectivity index is 1.53. The van der Waals surface area contributed by atoms with Crippen LogP contribution in [0.3, 0.4) is 0 Å². The van der Waals surface area contributed by atoms with Gasteiger partial charge in [-0.1, -0.05) is 6.07 Å². The molecular formula is C20H19FN6S. The molecule has 0 radical (unpaired) electrons. The number of fused-ring (bicyclic) bond motifs is 2. The molecular weight excluding hydrogens is 375 g/mol. The minimum absolute atomic E-state index is 0.188. The predicted molar refractivity (Wildman–Crippen MR) is 110 cm³/mol. The van der Waals surface area contributed by atoms with Gasteiger partial charge >= 0.3 is 0 Å². The van der Waals surface area contributed by atoms with Gasteiger partial charge < -0.3 is 10.6 Å². The lowest BCUT2D eigenvalue weighted by Gasteiger charge is -2.30. The molecule has 4 aromatic rings. The van der Waals surface area contributed by atoms with Crippen LogP contribution in [0, 0.1) is 0 Å². The smallest absolute Gasteiger partial charge is 0.155 e. The minimum Gasteiger partial charge on any atom is -0.365 e. The van der Waals surface area contributed by atoms with E-state index in [-0.39, 0.29) is 6.54 Å². The lowest BCUT2D eigenvalue weighted by molar-refractivity contribution is 0.137.